The summed E-state index contributed by atoms with van der Waals surface area (Å²) < 4.78 is 0. The number of H-pyrrole nitrogens is 1. The standard InChI is InChI=1S/C15H21N3/c1-11-7-8-13-14(9-11)17-18-15(13)16-10-12-5-3-2-4-6-12/h7-9,12H,2-6,10H2,1H3,(H2,16,17,18). The van der Waals surface area contributed by atoms with Gasteiger partial charge in [0.1, 0.15) is 0 Å². The molecule has 1 fully saturated rings. The molecule has 1 aromatic carbocycles. The van der Waals surface area contributed by atoms with Crippen LogP contribution in [0.4, 0.5) is 5.82 Å². The van der Waals surface area contributed by atoms with Crippen molar-refractivity contribution in [1.29, 1.82) is 0 Å². The fraction of sp³-hybridized carbons (Fsp3) is 0.533. The number of aromatic nitrogens is 2. The second-order valence-electron chi connectivity index (χ2n) is 5.51. The van der Waals surface area contributed by atoms with Gasteiger partial charge in [0.15, 0.2) is 5.82 Å². The van der Waals surface area contributed by atoms with Gasteiger partial charge in [-0.15, -0.1) is 0 Å². The summed E-state index contributed by atoms with van der Waals surface area (Å²) in [6.07, 6.45) is 6.95. The van der Waals surface area contributed by atoms with Crippen LogP contribution in [-0.4, -0.2) is 16.7 Å². The summed E-state index contributed by atoms with van der Waals surface area (Å²) in [6.45, 7) is 3.17. The van der Waals surface area contributed by atoms with Gasteiger partial charge < -0.3 is 5.32 Å². The van der Waals surface area contributed by atoms with Gasteiger partial charge in [-0.05, 0) is 43.4 Å². The predicted octanol–water partition coefficient (Wildman–Crippen LogP) is 3.86. The second kappa shape index (κ2) is 5.01. The van der Waals surface area contributed by atoms with Crippen LogP contribution in [-0.2, 0) is 0 Å². The van der Waals surface area contributed by atoms with Gasteiger partial charge in [-0.25, -0.2) is 0 Å². The number of anilines is 1. The normalized spacial score (nSPS) is 17.2. The van der Waals surface area contributed by atoms with Crippen molar-refractivity contribution in [2.24, 2.45) is 5.92 Å². The Kier molecular flexibility index (Phi) is 3.22. The summed E-state index contributed by atoms with van der Waals surface area (Å²) in [5.41, 5.74) is 2.39. The number of rotatable bonds is 3. The molecule has 0 spiro atoms. The summed E-state index contributed by atoms with van der Waals surface area (Å²) in [4.78, 5) is 0. The smallest absolute Gasteiger partial charge is 0.155 e. The van der Waals surface area contributed by atoms with Crippen molar-refractivity contribution in [2.45, 2.75) is 39.0 Å². The molecule has 18 heavy (non-hydrogen) atoms. The second-order valence-corrected chi connectivity index (χ2v) is 5.51. The number of fused-ring (bicyclic) bond motifs is 1. The van der Waals surface area contributed by atoms with Crippen LogP contribution in [0, 0.1) is 12.8 Å². The van der Waals surface area contributed by atoms with E-state index in [1.807, 2.05) is 0 Å². The van der Waals surface area contributed by atoms with Gasteiger partial charge in [-0.3, -0.25) is 5.10 Å². The van der Waals surface area contributed by atoms with Gasteiger partial charge in [0.25, 0.3) is 0 Å². The molecule has 1 saturated carbocycles. The highest BCUT2D eigenvalue weighted by Crippen LogP contribution is 2.25. The monoisotopic (exact) mass is 243 g/mol. The van der Waals surface area contributed by atoms with Crippen molar-refractivity contribution >= 4 is 16.7 Å². The highest BCUT2D eigenvalue weighted by Gasteiger charge is 2.14. The van der Waals surface area contributed by atoms with E-state index in [9.17, 15) is 0 Å². The first-order valence-electron chi connectivity index (χ1n) is 7.01. The summed E-state index contributed by atoms with van der Waals surface area (Å²) in [7, 11) is 0. The molecule has 3 nitrogen and oxygen atoms in total. The Hall–Kier alpha value is -1.51. The van der Waals surface area contributed by atoms with Crippen molar-refractivity contribution in [1.82, 2.24) is 10.2 Å². The molecule has 2 aromatic rings. The molecule has 0 radical (unpaired) electrons. The van der Waals surface area contributed by atoms with Crippen LogP contribution in [0.5, 0.6) is 0 Å². The maximum Gasteiger partial charge on any atom is 0.155 e. The molecule has 2 N–H and O–H groups in total. The van der Waals surface area contributed by atoms with Crippen molar-refractivity contribution in [3.63, 3.8) is 0 Å². The molecule has 1 aliphatic rings. The van der Waals surface area contributed by atoms with E-state index in [1.54, 1.807) is 0 Å². The van der Waals surface area contributed by atoms with Crippen LogP contribution in [0.25, 0.3) is 10.9 Å². The highest BCUT2D eigenvalue weighted by molar-refractivity contribution is 5.90. The first-order chi connectivity index (χ1) is 8.83. The molecule has 96 valence electrons. The number of nitrogens with zero attached hydrogens (tertiary/aromatic N) is 1. The van der Waals surface area contributed by atoms with E-state index in [4.69, 9.17) is 0 Å². The summed E-state index contributed by atoms with van der Waals surface area (Å²) >= 11 is 0. The number of hydrogen-bond donors (Lipinski definition) is 2. The van der Waals surface area contributed by atoms with Crippen molar-refractivity contribution in [3.8, 4) is 0 Å². The van der Waals surface area contributed by atoms with E-state index in [-0.39, 0.29) is 0 Å². The third-order valence-corrected chi connectivity index (χ3v) is 4.00. The average molecular weight is 243 g/mol. The summed E-state index contributed by atoms with van der Waals surface area (Å²) in [5.74, 6) is 1.84. The number of nitrogens with one attached hydrogen (secondary N) is 2. The fourth-order valence-corrected chi connectivity index (χ4v) is 2.90. The third-order valence-electron chi connectivity index (χ3n) is 4.00. The van der Waals surface area contributed by atoms with Gasteiger partial charge in [0.2, 0.25) is 0 Å². The number of hydrogen-bond acceptors (Lipinski definition) is 2. The molecule has 0 unspecified atom stereocenters. The zero-order valence-corrected chi connectivity index (χ0v) is 11.0. The van der Waals surface area contributed by atoms with Crippen LogP contribution in [0.2, 0.25) is 0 Å². The summed E-state index contributed by atoms with van der Waals surface area (Å²) in [6, 6.07) is 6.44. The van der Waals surface area contributed by atoms with Crippen LogP contribution in [0.1, 0.15) is 37.7 Å². The Morgan fingerprint density at radius 3 is 2.94 bits per heavy atom. The molecule has 0 aliphatic heterocycles. The molecule has 1 aromatic heterocycles. The average Bonchev–Trinajstić information content (AvgIpc) is 2.80. The van der Waals surface area contributed by atoms with Crippen LogP contribution in [0.15, 0.2) is 18.2 Å². The topological polar surface area (TPSA) is 40.7 Å². The Morgan fingerprint density at radius 1 is 1.28 bits per heavy atom. The van der Waals surface area contributed by atoms with Crippen molar-refractivity contribution in [3.05, 3.63) is 23.8 Å². The molecule has 1 heterocycles. The van der Waals surface area contributed by atoms with E-state index in [0.717, 1.165) is 23.8 Å². The summed E-state index contributed by atoms with van der Waals surface area (Å²) in [5, 5.41) is 12.2. The fourth-order valence-electron chi connectivity index (χ4n) is 2.90. The Balaban J connectivity index is 1.70. The lowest BCUT2D eigenvalue weighted by Gasteiger charge is -2.21. The van der Waals surface area contributed by atoms with Crippen molar-refractivity contribution in [2.75, 3.05) is 11.9 Å². The van der Waals surface area contributed by atoms with E-state index in [2.05, 4.69) is 40.6 Å². The molecule has 0 bridgehead atoms. The minimum atomic E-state index is 0.830. The third kappa shape index (κ3) is 2.35. The van der Waals surface area contributed by atoms with Crippen LogP contribution < -0.4 is 5.32 Å². The van der Waals surface area contributed by atoms with E-state index in [1.165, 1.54) is 43.1 Å². The zero-order chi connectivity index (χ0) is 12.4. The SMILES string of the molecule is Cc1ccc2c(NCC3CCCCC3)n[nH]c2c1. The van der Waals surface area contributed by atoms with E-state index in [0.29, 0.717) is 0 Å². The molecule has 0 amide bonds. The maximum atomic E-state index is 4.38. The van der Waals surface area contributed by atoms with E-state index < -0.39 is 0 Å². The molecule has 1 aliphatic carbocycles. The largest absolute Gasteiger partial charge is 0.368 e. The van der Waals surface area contributed by atoms with Crippen LogP contribution in [0.3, 0.4) is 0 Å². The van der Waals surface area contributed by atoms with Gasteiger partial charge in [-0.1, -0.05) is 25.3 Å². The van der Waals surface area contributed by atoms with Crippen molar-refractivity contribution < 1.29 is 0 Å². The van der Waals surface area contributed by atoms with Gasteiger partial charge in [-0.2, -0.15) is 5.10 Å². The Bertz CT molecular complexity index is 524. The molecular weight excluding hydrogens is 222 g/mol. The first kappa shape index (κ1) is 11.6. The molecule has 3 rings (SSSR count). The van der Waals surface area contributed by atoms with Gasteiger partial charge >= 0.3 is 0 Å². The maximum absolute atomic E-state index is 4.38. The van der Waals surface area contributed by atoms with E-state index >= 15 is 0 Å². The highest BCUT2D eigenvalue weighted by atomic mass is 15.2. The lowest BCUT2D eigenvalue weighted by Crippen LogP contribution is -2.17. The number of benzene rings is 1. The Morgan fingerprint density at radius 2 is 2.11 bits per heavy atom. The number of aryl methyl sites for hydroxylation is 1. The molecule has 3 heteroatoms. The first-order valence-corrected chi connectivity index (χ1v) is 7.01. The lowest BCUT2D eigenvalue weighted by molar-refractivity contribution is 0.373. The molecule has 0 atom stereocenters. The number of aromatic amines is 1. The van der Waals surface area contributed by atoms with Crippen LogP contribution >= 0.6 is 0 Å². The minimum absolute atomic E-state index is 0.830. The molecule has 0 saturated heterocycles. The minimum Gasteiger partial charge on any atom is -0.368 e. The zero-order valence-electron chi connectivity index (χ0n) is 11.0. The Labute approximate surface area is 108 Å². The quantitative estimate of drug-likeness (QED) is 0.859. The predicted molar refractivity (Wildman–Crippen MR) is 75.9 cm³/mol. The van der Waals surface area contributed by atoms with Gasteiger partial charge in [0.05, 0.1) is 5.52 Å². The lowest BCUT2D eigenvalue weighted by atomic mass is 9.89. The van der Waals surface area contributed by atoms with Gasteiger partial charge in [0, 0.05) is 11.9 Å². The molecular formula is C15H21N3.